The van der Waals surface area contributed by atoms with Gasteiger partial charge in [-0.2, -0.15) is 0 Å². The van der Waals surface area contributed by atoms with Crippen LogP contribution >= 0.6 is 11.3 Å². The van der Waals surface area contributed by atoms with Gasteiger partial charge < -0.3 is 10.6 Å². The fourth-order valence-electron chi connectivity index (χ4n) is 2.15. The maximum Gasteiger partial charge on any atom is 0.251 e. The molecule has 8 heteroatoms. The van der Waals surface area contributed by atoms with Crippen LogP contribution in [0.25, 0.3) is 0 Å². The predicted octanol–water partition coefficient (Wildman–Crippen LogP) is 2.19. The van der Waals surface area contributed by atoms with E-state index in [0.717, 1.165) is 24.2 Å². The summed E-state index contributed by atoms with van der Waals surface area (Å²) in [5, 5.41) is 8.62. The molecule has 0 aliphatic heterocycles. The van der Waals surface area contributed by atoms with E-state index in [0.29, 0.717) is 23.2 Å². The fourth-order valence-corrected chi connectivity index (χ4v) is 4.15. The van der Waals surface area contributed by atoms with Gasteiger partial charge in [0, 0.05) is 28.9 Å². The molecule has 1 aromatic heterocycles. The van der Waals surface area contributed by atoms with Gasteiger partial charge in [0.2, 0.25) is 0 Å². The van der Waals surface area contributed by atoms with Crippen molar-refractivity contribution in [3.05, 3.63) is 45.9 Å². The summed E-state index contributed by atoms with van der Waals surface area (Å²) in [5.41, 5.74) is 2.33. The number of carbonyl (C=O) groups excluding carboxylic acids is 1. The Morgan fingerprint density at radius 2 is 2.00 bits per heavy atom. The number of anilines is 1. The second-order valence-electron chi connectivity index (χ2n) is 5.98. The zero-order chi connectivity index (χ0) is 17.2. The Balaban J connectivity index is 1.53. The summed E-state index contributed by atoms with van der Waals surface area (Å²) in [4.78, 5) is 16.2. The molecular formula is C16H19N3O3S2. The Hall–Kier alpha value is -1.93. The summed E-state index contributed by atoms with van der Waals surface area (Å²) in [7, 11) is -3.06. The van der Waals surface area contributed by atoms with E-state index in [4.69, 9.17) is 0 Å². The monoisotopic (exact) mass is 365 g/mol. The molecule has 1 aliphatic carbocycles. The van der Waals surface area contributed by atoms with Crippen LogP contribution in [0, 0.1) is 0 Å². The van der Waals surface area contributed by atoms with Crippen molar-refractivity contribution in [3.63, 3.8) is 0 Å². The fraction of sp³-hybridized carbons (Fsp3) is 0.375. The SMILES string of the molecule is CS(=O)(=O)Cc1nc(CNc2ccc(C(=O)NC3CC3)cc2)cs1. The summed E-state index contributed by atoms with van der Waals surface area (Å²) >= 11 is 1.35. The van der Waals surface area contributed by atoms with Gasteiger partial charge in [-0.1, -0.05) is 0 Å². The molecule has 24 heavy (non-hydrogen) atoms. The van der Waals surface area contributed by atoms with Crippen molar-refractivity contribution in [3.8, 4) is 0 Å². The first-order valence-electron chi connectivity index (χ1n) is 7.65. The smallest absolute Gasteiger partial charge is 0.251 e. The Labute approximate surface area is 145 Å². The van der Waals surface area contributed by atoms with Gasteiger partial charge in [0.25, 0.3) is 5.91 Å². The topological polar surface area (TPSA) is 88.2 Å². The van der Waals surface area contributed by atoms with Gasteiger partial charge in [-0.3, -0.25) is 4.79 Å². The van der Waals surface area contributed by atoms with Crippen LogP contribution in [0.1, 0.15) is 33.9 Å². The number of hydrogen-bond donors (Lipinski definition) is 2. The summed E-state index contributed by atoms with van der Waals surface area (Å²) in [5.74, 6) is -0.0587. The maximum absolute atomic E-state index is 11.9. The molecule has 2 aromatic rings. The van der Waals surface area contributed by atoms with Gasteiger partial charge >= 0.3 is 0 Å². The van der Waals surface area contributed by atoms with Crippen LogP contribution in [0.5, 0.6) is 0 Å². The largest absolute Gasteiger partial charge is 0.379 e. The third-order valence-electron chi connectivity index (χ3n) is 3.52. The van der Waals surface area contributed by atoms with Crippen LogP contribution in [0.2, 0.25) is 0 Å². The van der Waals surface area contributed by atoms with Crippen molar-refractivity contribution in [2.45, 2.75) is 31.2 Å². The standard InChI is InChI=1S/C16H19N3O3S2/c1-24(21,22)10-15-18-14(9-23-15)8-17-12-4-2-11(3-5-12)16(20)19-13-6-7-13/h2-5,9,13,17H,6-8,10H2,1H3,(H,19,20). The van der Waals surface area contributed by atoms with E-state index in [9.17, 15) is 13.2 Å². The number of amides is 1. The highest BCUT2D eigenvalue weighted by atomic mass is 32.2. The number of benzene rings is 1. The summed E-state index contributed by atoms with van der Waals surface area (Å²) < 4.78 is 22.5. The van der Waals surface area contributed by atoms with Crippen molar-refractivity contribution < 1.29 is 13.2 Å². The van der Waals surface area contributed by atoms with Crippen LogP contribution in [-0.2, 0) is 22.1 Å². The van der Waals surface area contributed by atoms with E-state index in [1.54, 1.807) is 12.1 Å². The molecule has 0 unspecified atom stereocenters. The van der Waals surface area contributed by atoms with Crippen molar-refractivity contribution >= 4 is 32.8 Å². The summed E-state index contributed by atoms with van der Waals surface area (Å²) in [6.07, 6.45) is 3.34. The second-order valence-corrected chi connectivity index (χ2v) is 9.06. The van der Waals surface area contributed by atoms with E-state index in [2.05, 4.69) is 15.6 Å². The number of aromatic nitrogens is 1. The van der Waals surface area contributed by atoms with Gasteiger partial charge in [-0.05, 0) is 37.1 Å². The lowest BCUT2D eigenvalue weighted by Crippen LogP contribution is -2.25. The van der Waals surface area contributed by atoms with Gasteiger partial charge in [0.1, 0.15) is 10.8 Å². The summed E-state index contributed by atoms with van der Waals surface area (Å²) in [6.45, 7) is 0.508. The second kappa shape index (κ2) is 6.90. The van der Waals surface area contributed by atoms with Crippen molar-refractivity contribution in [2.24, 2.45) is 0 Å². The maximum atomic E-state index is 11.9. The lowest BCUT2D eigenvalue weighted by atomic mass is 10.2. The molecule has 3 rings (SSSR count). The Kier molecular flexibility index (Phi) is 4.86. The molecule has 1 heterocycles. The van der Waals surface area contributed by atoms with Gasteiger partial charge in [0.05, 0.1) is 12.2 Å². The number of sulfone groups is 1. The molecule has 128 valence electrons. The van der Waals surface area contributed by atoms with Crippen LogP contribution in [0.4, 0.5) is 5.69 Å². The molecule has 0 saturated heterocycles. The van der Waals surface area contributed by atoms with Crippen molar-refractivity contribution in [1.29, 1.82) is 0 Å². The van der Waals surface area contributed by atoms with Gasteiger partial charge in [-0.15, -0.1) is 11.3 Å². The minimum atomic E-state index is -3.06. The number of thiazole rings is 1. The molecule has 1 saturated carbocycles. The molecular weight excluding hydrogens is 346 g/mol. The molecule has 0 radical (unpaired) electrons. The predicted molar refractivity (Wildman–Crippen MR) is 94.9 cm³/mol. The molecule has 2 N–H and O–H groups in total. The number of nitrogens with zero attached hydrogens (tertiary/aromatic N) is 1. The average Bonchev–Trinajstić information content (AvgIpc) is 3.22. The lowest BCUT2D eigenvalue weighted by molar-refractivity contribution is 0.0951. The quantitative estimate of drug-likeness (QED) is 0.785. The van der Waals surface area contributed by atoms with Crippen molar-refractivity contribution in [2.75, 3.05) is 11.6 Å². The molecule has 1 aliphatic rings. The molecule has 1 amide bonds. The number of carbonyl (C=O) groups is 1. The van der Waals surface area contributed by atoms with Gasteiger partial charge in [-0.25, -0.2) is 13.4 Å². The molecule has 0 bridgehead atoms. The number of hydrogen-bond acceptors (Lipinski definition) is 6. The third-order valence-corrected chi connectivity index (χ3v) is 5.40. The number of rotatable bonds is 7. The normalized spacial score (nSPS) is 14.4. The Morgan fingerprint density at radius 3 is 2.62 bits per heavy atom. The van der Waals surface area contributed by atoms with Crippen LogP contribution in [0.3, 0.4) is 0 Å². The first kappa shape index (κ1) is 16.9. The first-order valence-corrected chi connectivity index (χ1v) is 10.6. The van der Waals surface area contributed by atoms with Crippen LogP contribution in [0.15, 0.2) is 29.6 Å². The van der Waals surface area contributed by atoms with E-state index >= 15 is 0 Å². The molecule has 1 aromatic carbocycles. The van der Waals surface area contributed by atoms with Crippen LogP contribution < -0.4 is 10.6 Å². The minimum absolute atomic E-state index is 0.0253. The summed E-state index contributed by atoms with van der Waals surface area (Å²) in [6, 6.07) is 7.63. The molecule has 0 atom stereocenters. The van der Waals surface area contributed by atoms with Crippen molar-refractivity contribution in [1.82, 2.24) is 10.3 Å². The average molecular weight is 365 g/mol. The lowest BCUT2D eigenvalue weighted by Gasteiger charge is -2.07. The zero-order valence-electron chi connectivity index (χ0n) is 13.3. The van der Waals surface area contributed by atoms with E-state index in [-0.39, 0.29) is 11.7 Å². The van der Waals surface area contributed by atoms with E-state index in [1.807, 2.05) is 17.5 Å². The molecule has 6 nitrogen and oxygen atoms in total. The minimum Gasteiger partial charge on any atom is -0.379 e. The molecule has 1 fully saturated rings. The molecule has 0 spiro atoms. The Bertz CT molecular complexity index is 825. The van der Waals surface area contributed by atoms with Gasteiger partial charge in [0.15, 0.2) is 9.84 Å². The number of nitrogens with one attached hydrogen (secondary N) is 2. The van der Waals surface area contributed by atoms with E-state index < -0.39 is 9.84 Å². The Morgan fingerprint density at radius 1 is 1.29 bits per heavy atom. The zero-order valence-corrected chi connectivity index (χ0v) is 14.9. The highest BCUT2D eigenvalue weighted by Crippen LogP contribution is 2.20. The first-order chi connectivity index (χ1) is 11.4. The third kappa shape index (κ3) is 5.04. The van der Waals surface area contributed by atoms with E-state index in [1.165, 1.54) is 17.6 Å². The van der Waals surface area contributed by atoms with Crippen LogP contribution in [-0.4, -0.2) is 31.6 Å². The highest BCUT2D eigenvalue weighted by molar-refractivity contribution is 7.90. The highest BCUT2D eigenvalue weighted by Gasteiger charge is 2.23.